The number of carbonyl (C=O) groups excluding carboxylic acids is 1. The van der Waals surface area contributed by atoms with Crippen molar-refractivity contribution in [2.24, 2.45) is 0 Å². The van der Waals surface area contributed by atoms with Gasteiger partial charge in [-0.1, -0.05) is 6.07 Å². The summed E-state index contributed by atoms with van der Waals surface area (Å²) in [6.07, 6.45) is 5.45. The van der Waals surface area contributed by atoms with Crippen molar-refractivity contribution >= 4 is 28.6 Å². The highest BCUT2D eigenvalue weighted by molar-refractivity contribution is 7.17. The summed E-state index contributed by atoms with van der Waals surface area (Å²) in [6.45, 7) is 2.68. The molecule has 0 unspecified atom stereocenters. The fourth-order valence-electron chi connectivity index (χ4n) is 3.02. The zero-order chi connectivity index (χ0) is 16.5. The second-order valence-corrected chi connectivity index (χ2v) is 7.66. The van der Waals surface area contributed by atoms with Crippen LogP contribution in [-0.4, -0.2) is 32.3 Å². The molecule has 1 aliphatic rings. The third-order valence-electron chi connectivity index (χ3n) is 4.13. The van der Waals surface area contributed by atoms with Gasteiger partial charge in [-0.15, -0.1) is 22.7 Å². The molecule has 1 atom stereocenters. The summed E-state index contributed by atoms with van der Waals surface area (Å²) in [5.74, 6) is 0.643. The van der Waals surface area contributed by atoms with E-state index in [0.717, 1.165) is 25.1 Å². The minimum atomic E-state index is 0.0723. The van der Waals surface area contributed by atoms with E-state index in [2.05, 4.69) is 26.4 Å². The maximum absolute atomic E-state index is 13.1. The Labute approximate surface area is 148 Å². The van der Waals surface area contributed by atoms with Crippen LogP contribution < -0.4 is 0 Å². The van der Waals surface area contributed by atoms with Crippen molar-refractivity contribution in [3.05, 3.63) is 51.4 Å². The fourth-order valence-corrected chi connectivity index (χ4v) is 4.86. The van der Waals surface area contributed by atoms with Crippen molar-refractivity contribution in [3.8, 4) is 10.8 Å². The summed E-state index contributed by atoms with van der Waals surface area (Å²) in [5.41, 5.74) is 0.754. The molecule has 1 amide bonds. The van der Waals surface area contributed by atoms with Gasteiger partial charge in [0.1, 0.15) is 4.88 Å². The lowest BCUT2D eigenvalue weighted by Crippen LogP contribution is -2.30. The van der Waals surface area contributed by atoms with Gasteiger partial charge in [0.25, 0.3) is 5.91 Å². The van der Waals surface area contributed by atoms with E-state index >= 15 is 0 Å². The normalized spacial score (nSPS) is 17.4. The predicted molar refractivity (Wildman–Crippen MR) is 95.2 cm³/mol. The molecule has 1 fully saturated rings. The number of nitrogens with zero attached hydrogens (tertiary/aromatic N) is 4. The van der Waals surface area contributed by atoms with Crippen molar-refractivity contribution in [3.63, 3.8) is 0 Å². The van der Waals surface area contributed by atoms with E-state index in [1.807, 2.05) is 17.9 Å². The zero-order valence-corrected chi connectivity index (χ0v) is 14.8. The Hall–Kier alpha value is -2.12. The molecule has 0 bridgehead atoms. The quantitative estimate of drug-likeness (QED) is 0.713. The first-order valence-electron chi connectivity index (χ1n) is 7.83. The smallest absolute Gasteiger partial charge is 0.266 e. The summed E-state index contributed by atoms with van der Waals surface area (Å²) < 4.78 is 0. The number of aromatic nitrogens is 3. The molecule has 122 valence electrons. The SMILES string of the molecule is Cc1nc(-c2ncccn2)sc1C(=O)N1CCC[C@H]1c1cccs1. The number of aryl methyl sites for hydroxylation is 1. The molecule has 24 heavy (non-hydrogen) atoms. The standard InChI is InChI=1S/C17H16N4OS2/c1-11-14(24-16(20-11)15-18-7-4-8-19-15)17(22)21-9-2-5-12(21)13-6-3-10-23-13/h3-4,6-8,10,12H,2,5,9H2,1H3/t12-/m0/s1. The number of likely N-dealkylation sites (tertiary alicyclic amines) is 1. The van der Waals surface area contributed by atoms with E-state index in [0.29, 0.717) is 15.7 Å². The molecule has 4 heterocycles. The predicted octanol–water partition coefficient (Wildman–Crippen LogP) is 3.95. The van der Waals surface area contributed by atoms with Gasteiger partial charge in [-0.25, -0.2) is 15.0 Å². The molecule has 0 aliphatic carbocycles. The first kappa shape index (κ1) is 15.4. The lowest BCUT2D eigenvalue weighted by molar-refractivity contribution is 0.0742. The molecule has 0 N–H and O–H groups in total. The van der Waals surface area contributed by atoms with Crippen LogP contribution in [0.1, 0.15) is 39.1 Å². The lowest BCUT2D eigenvalue weighted by Gasteiger charge is -2.23. The van der Waals surface area contributed by atoms with Gasteiger partial charge >= 0.3 is 0 Å². The molecule has 0 radical (unpaired) electrons. The van der Waals surface area contributed by atoms with Crippen molar-refractivity contribution in [2.75, 3.05) is 6.54 Å². The lowest BCUT2D eigenvalue weighted by atomic mass is 10.2. The van der Waals surface area contributed by atoms with E-state index in [-0.39, 0.29) is 11.9 Å². The number of thiophene rings is 1. The van der Waals surface area contributed by atoms with Gasteiger partial charge in [-0.2, -0.15) is 0 Å². The second kappa shape index (κ2) is 6.41. The van der Waals surface area contributed by atoms with Crippen LogP contribution in [-0.2, 0) is 0 Å². The summed E-state index contributed by atoms with van der Waals surface area (Å²) in [6, 6.07) is 6.12. The molecule has 0 spiro atoms. The number of carbonyl (C=O) groups is 1. The first-order valence-corrected chi connectivity index (χ1v) is 9.53. The molecule has 1 saturated heterocycles. The largest absolute Gasteiger partial charge is 0.330 e. The highest BCUT2D eigenvalue weighted by atomic mass is 32.1. The summed E-state index contributed by atoms with van der Waals surface area (Å²) in [7, 11) is 0. The molecule has 7 heteroatoms. The zero-order valence-electron chi connectivity index (χ0n) is 13.2. The van der Waals surface area contributed by atoms with Crippen LogP contribution in [0.3, 0.4) is 0 Å². The minimum absolute atomic E-state index is 0.0723. The molecule has 3 aromatic heterocycles. The number of amides is 1. The Morgan fingerprint density at radius 2 is 2.12 bits per heavy atom. The molecular weight excluding hydrogens is 340 g/mol. The van der Waals surface area contributed by atoms with Crippen LogP contribution in [0.4, 0.5) is 0 Å². The summed E-state index contributed by atoms with van der Waals surface area (Å²) >= 11 is 3.10. The summed E-state index contributed by atoms with van der Waals surface area (Å²) in [5, 5.41) is 2.77. The second-order valence-electron chi connectivity index (χ2n) is 5.68. The van der Waals surface area contributed by atoms with Gasteiger partial charge in [-0.05, 0) is 37.3 Å². The van der Waals surface area contributed by atoms with Gasteiger partial charge in [0.05, 0.1) is 11.7 Å². The van der Waals surface area contributed by atoms with Crippen LogP contribution in [0.2, 0.25) is 0 Å². The van der Waals surface area contributed by atoms with E-state index in [1.165, 1.54) is 16.2 Å². The van der Waals surface area contributed by atoms with Crippen LogP contribution in [0, 0.1) is 6.92 Å². The molecule has 5 nitrogen and oxygen atoms in total. The van der Waals surface area contributed by atoms with E-state index in [4.69, 9.17) is 0 Å². The van der Waals surface area contributed by atoms with Crippen molar-refractivity contribution in [1.29, 1.82) is 0 Å². The average molecular weight is 356 g/mol. The van der Waals surface area contributed by atoms with Gasteiger partial charge in [0.15, 0.2) is 10.8 Å². The highest BCUT2D eigenvalue weighted by Crippen LogP contribution is 2.37. The van der Waals surface area contributed by atoms with E-state index < -0.39 is 0 Å². The topological polar surface area (TPSA) is 59.0 Å². The number of rotatable bonds is 3. The number of thiazole rings is 1. The third-order valence-corrected chi connectivity index (χ3v) is 6.25. The van der Waals surface area contributed by atoms with Gasteiger partial charge < -0.3 is 4.90 Å². The van der Waals surface area contributed by atoms with Gasteiger partial charge in [0, 0.05) is 23.8 Å². The van der Waals surface area contributed by atoms with Gasteiger partial charge in [-0.3, -0.25) is 4.79 Å². The van der Waals surface area contributed by atoms with E-state index in [9.17, 15) is 4.79 Å². The Morgan fingerprint density at radius 1 is 1.29 bits per heavy atom. The number of hydrogen-bond acceptors (Lipinski definition) is 6. The Kier molecular flexibility index (Phi) is 4.12. The third kappa shape index (κ3) is 2.74. The Morgan fingerprint density at radius 3 is 2.88 bits per heavy atom. The molecular formula is C17H16N4OS2. The molecule has 3 aromatic rings. The van der Waals surface area contributed by atoms with Crippen LogP contribution >= 0.6 is 22.7 Å². The summed E-state index contributed by atoms with van der Waals surface area (Å²) in [4.78, 5) is 30.0. The molecule has 0 aromatic carbocycles. The molecule has 0 saturated carbocycles. The molecule has 1 aliphatic heterocycles. The van der Waals surface area contributed by atoms with E-state index in [1.54, 1.807) is 29.8 Å². The Bertz CT molecular complexity index is 845. The van der Waals surface area contributed by atoms with Crippen molar-refractivity contribution in [2.45, 2.75) is 25.8 Å². The van der Waals surface area contributed by atoms with Crippen molar-refractivity contribution in [1.82, 2.24) is 19.9 Å². The Balaban J connectivity index is 1.64. The molecule has 4 rings (SSSR count). The maximum atomic E-state index is 13.1. The monoisotopic (exact) mass is 356 g/mol. The first-order chi connectivity index (χ1) is 11.7. The van der Waals surface area contributed by atoms with Crippen LogP contribution in [0.15, 0.2) is 36.0 Å². The fraction of sp³-hybridized carbons (Fsp3) is 0.294. The maximum Gasteiger partial charge on any atom is 0.266 e. The van der Waals surface area contributed by atoms with Crippen LogP contribution in [0.5, 0.6) is 0 Å². The van der Waals surface area contributed by atoms with Crippen molar-refractivity contribution < 1.29 is 4.79 Å². The highest BCUT2D eigenvalue weighted by Gasteiger charge is 2.33. The average Bonchev–Trinajstić information content (AvgIpc) is 3.35. The minimum Gasteiger partial charge on any atom is -0.330 e. The van der Waals surface area contributed by atoms with Crippen LogP contribution in [0.25, 0.3) is 10.8 Å². The number of hydrogen-bond donors (Lipinski definition) is 0. The van der Waals surface area contributed by atoms with Gasteiger partial charge in [0.2, 0.25) is 0 Å².